The fourth-order valence-electron chi connectivity index (χ4n) is 2.47. The lowest BCUT2D eigenvalue weighted by Gasteiger charge is -2.10. The second kappa shape index (κ2) is 8.95. The number of Topliss-reactive ketones (excluding diaryl/α,β-unsaturated/α-hetero) is 1. The van der Waals surface area contributed by atoms with Crippen molar-refractivity contribution in [3.05, 3.63) is 70.1 Å². The predicted molar refractivity (Wildman–Crippen MR) is 103 cm³/mol. The second-order valence-corrected chi connectivity index (χ2v) is 6.25. The minimum absolute atomic E-state index is 0.0605. The Morgan fingerprint density at radius 1 is 1.17 bits per heavy atom. The number of ether oxygens (including phenoxy) is 2. The van der Waals surface area contributed by atoms with Crippen molar-refractivity contribution in [2.75, 3.05) is 6.61 Å². The van der Waals surface area contributed by atoms with Gasteiger partial charge in [-0.2, -0.15) is 0 Å². The maximum atomic E-state index is 12.0. The molecule has 0 fully saturated rings. The van der Waals surface area contributed by atoms with E-state index in [2.05, 4.69) is 10.2 Å². The van der Waals surface area contributed by atoms with Crippen molar-refractivity contribution in [2.45, 2.75) is 20.0 Å². The minimum atomic E-state index is -0.830. The number of carbonyl (C=O) groups is 2. The smallest absolute Gasteiger partial charge is 0.344 e. The molecule has 0 saturated carbocycles. The highest BCUT2D eigenvalue weighted by Crippen LogP contribution is 2.24. The van der Waals surface area contributed by atoms with Gasteiger partial charge in [0.15, 0.2) is 18.5 Å². The Balaban J connectivity index is 1.57. The number of esters is 1. The maximum absolute atomic E-state index is 12.0. The largest absolute Gasteiger partial charge is 0.482 e. The van der Waals surface area contributed by atoms with Crippen LogP contribution in [0.15, 0.2) is 52.9 Å². The normalized spacial score (nSPS) is 11.5. The molecule has 0 bridgehead atoms. The molecule has 1 aromatic heterocycles. The van der Waals surface area contributed by atoms with Crippen LogP contribution in [0, 0.1) is 10.1 Å². The van der Waals surface area contributed by atoms with Gasteiger partial charge < -0.3 is 13.9 Å². The molecule has 3 rings (SSSR count). The first kappa shape index (κ1) is 20.6. The molecular formula is C20H17N3O7. The second-order valence-electron chi connectivity index (χ2n) is 6.25. The summed E-state index contributed by atoms with van der Waals surface area (Å²) in [4.78, 5) is 33.6. The van der Waals surface area contributed by atoms with Crippen LogP contribution in [0.4, 0.5) is 5.69 Å². The Labute approximate surface area is 170 Å². The van der Waals surface area contributed by atoms with Crippen molar-refractivity contribution in [2.24, 2.45) is 0 Å². The molecule has 0 aliphatic heterocycles. The highest BCUT2D eigenvalue weighted by atomic mass is 16.6. The van der Waals surface area contributed by atoms with Crippen molar-refractivity contribution in [3.8, 4) is 17.2 Å². The van der Waals surface area contributed by atoms with Crippen molar-refractivity contribution < 1.29 is 28.4 Å². The fraction of sp³-hybridized carbons (Fsp3) is 0.200. The van der Waals surface area contributed by atoms with Gasteiger partial charge in [0.25, 0.3) is 11.6 Å². The Morgan fingerprint density at radius 2 is 1.90 bits per heavy atom. The number of nitro groups is 1. The van der Waals surface area contributed by atoms with Crippen LogP contribution in [0.3, 0.4) is 0 Å². The molecule has 0 saturated heterocycles. The van der Waals surface area contributed by atoms with Crippen LogP contribution >= 0.6 is 0 Å². The average molecular weight is 411 g/mol. The molecule has 0 amide bonds. The number of nitrogens with zero attached hydrogens (tertiary/aromatic N) is 3. The third-order valence-corrected chi connectivity index (χ3v) is 4.02. The maximum Gasteiger partial charge on any atom is 0.344 e. The molecule has 1 atom stereocenters. The first-order valence-electron chi connectivity index (χ1n) is 8.85. The number of aromatic nitrogens is 2. The molecule has 3 aromatic rings. The minimum Gasteiger partial charge on any atom is -0.482 e. The van der Waals surface area contributed by atoms with E-state index >= 15 is 0 Å². The number of hydrogen-bond acceptors (Lipinski definition) is 9. The number of benzene rings is 2. The van der Waals surface area contributed by atoms with Gasteiger partial charge in [0.05, 0.1) is 4.92 Å². The van der Waals surface area contributed by atoms with Crippen molar-refractivity contribution in [1.29, 1.82) is 0 Å². The summed E-state index contributed by atoms with van der Waals surface area (Å²) < 4.78 is 16.1. The summed E-state index contributed by atoms with van der Waals surface area (Å²) in [7, 11) is 0. The Hall–Kier alpha value is -4.08. The molecule has 0 spiro atoms. The SMILES string of the molecule is CC(=O)c1cccc(OCC(=O)O[C@H](C)c2nnc(-c3ccc([N+](=O)[O-])cc3)o2)c1. The monoisotopic (exact) mass is 411 g/mol. The Morgan fingerprint density at radius 3 is 2.57 bits per heavy atom. The number of rotatable bonds is 8. The van der Waals surface area contributed by atoms with E-state index < -0.39 is 17.0 Å². The summed E-state index contributed by atoms with van der Waals surface area (Å²) in [6.45, 7) is 2.63. The third kappa shape index (κ3) is 5.04. The van der Waals surface area contributed by atoms with Crippen LogP contribution < -0.4 is 4.74 Å². The molecule has 10 heteroatoms. The lowest BCUT2D eigenvalue weighted by molar-refractivity contribution is -0.384. The zero-order valence-electron chi connectivity index (χ0n) is 16.1. The number of nitro benzene ring substituents is 1. The van der Waals surface area contributed by atoms with E-state index in [1.165, 1.54) is 37.3 Å². The van der Waals surface area contributed by atoms with Crippen molar-refractivity contribution in [1.82, 2.24) is 10.2 Å². The average Bonchev–Trinajstić information content (AvgIpc) is 3.23. The van der Waals surface area contributed by atoms with E-state index in [0.717, 1.165) is 0 Å². The zero-order valence-corrected chi connectivity index (χ0v) is 16.1. The van der Waals surface area contributed by atoms with Crippen LogP contribution in [-0.4, -0.2) is 33.5 Å². The first-order valence-corrected chi connectivity index (χ1v) is 8.85. The van der Waals surface area contributed by atoms with Crippen LogP contribution in [0.2, 0.25) is 0 Å². The van der Waals surface area contributed by atoms with Gasteiger partial charge in [0, 0.05) is 23.3 Å². The molecule has 0 N–H and O–H groups in total. The molecule has 2 aromatic carbocycles. The van der Waals surface area contributed by atoms with Gasteiger partial charge in [-0.1, -0.05) is 12.1 Å². The van der Waals surface area contributed by atoms with E-state index in [4.69, 9.17) is 13.9 Å². The molecule has 0 radical (unpaired) electrons. The molecular weight excluding hydrogens is 394 g/mol. The van der Waals surface area contributed by atoms with Gasteiger partial charge in [0.1, 0.15) is 5.75 Å². The standard InChI is InChI=1S/C20H17N3O7/c1-12(24)15-4-3-5-17(10-15)28-11-18(25)29-13(2)19-21-22-20(30-19)14-6-8-16(9-7-14)23(26)27/h3-10,13H,11H2,1-2H3/t13-/m1/s1. The van der Waals surface area contributed by atoms with Crippen molar-refractivity contribution >= 4 is 17.4 Å². The summed E-state index contributed by atoms with van der Waals surface area (Å²) in [5.74, 6) is -0.205. The molecule has 154 valence electrons. The summed E-state index contributed by atoms with van der Waals surface area (Å²) in [6.07, 6.45) is -0.830. The van der Waals surface area contributed by atoms with Gasteiger partial charge >= 0.3 is 5.97 Å². The van der Waals surface area contributed by atoms with Crippen molar-refractivity contribution in [3.63, 3.8) is 0 Å². The van der Waals surface area contributed by atoms with Gasteiger partial charge in [0.2, 0.25) is 5.89 Å². The first-order chi connectivity index (χ1) is 14.3. The quantitative estimate of drug-likeness (QED) is 0.236. The lowest BCUT2D eigenvalue weighted by Crippen LogP contribution is -2.17. The van der Waals surface area contributed by atoms with Gasteiger partial charge in [-0.3, -0.25) is 14.9 Å². The zero-order chi connectivity index (χ0) is 21.7. The number of hydrogen-bond donors (Lipinski definition) is 0. The lowest BCUT2D eigenvalue weighted by atomic mass is 10.1. The topological polar surface area (TPSA) is 135 Å². The molecule has 0 unspecified atom stereocenters. The summed E-state index contributed by atoms with van der Waals surface area (Å²) in [5, 5.41) is 18.4. The number of non-ortho nitro benzene ring substituents is 1. The molecule has 0 aliphatic carbocycles. The van der Waals surface area contributed by atoms with Gasteiger partial charge in [-0.05, 0) is 38.1 Å². The van der Waals surface area contributed by atoms with Gasteiger partial charge in [-0.25, -0.2) is 4.79 Å². The number of ketones is 1. The summed E-state index contributed by atoms with van der Waals surface area (Å²) >= 11 is 0. The van der Waals surface area contributed by atoms with Gasteiger partial charge in [-0.15, -0.1) is 10.2 Å². The molecule has 0 aliphatic rings. The predicted octanol–water partition coefficient (Wildman–Crippen LogP) is 3.53. The summed E-state index contributed by atoms with van der Waals surface area (Å²) in [5.41, 5.74) is 0.903. The van der Waals surface area contributed by atoms with E-state index in [0.29, 0.717) is 16.9 Å². The van der Waals surface area contributed by atoms with E-state index in [1.807, 2.05) is 0 Å². The van der Waals surface area contributed by atoms with Crippen LogP contribution in [0.25, 0.3) is 11.5 Å². The molecule has 30 heavy (non-hydrogen) atoms. The Bertz CT molecular complexity index is 1080. The highest BCUT2D eigenvalue weighted by Gasteiger charge is 2.20. The molecule has 1 heterocycles. The van der Waals surface area contributed by atoms with E-state index in [9.17, 15) is 19.7 Å². The highest BCUT2D eigenvalue weighted by molar-refractivity contribution is 5.94. The molecule has 10 nitrogen and oxygen atoms in total. The van der Waals surface area contributed by atoms with E-state index in [-0.39, 0.29) is 29.9 Å². The fourth-order valence-corrected chi connectivity index (χ4v) is 2.47. The van der Waals surface area contributed by atoms with Crippen LogP contribution in [0.5, 0.6) is 5.75 Å². The third-order valence-electron chi connectivity index (χ3n) is 4.02. The van der Waals surface area contributed by atoms with E-state index in [1.54, 1.807) is 25.1 Å². The summed E-state index contributed by atoms with van der Waals surface area (Å²) in [6, 6.07) is 12.1. The van der Waals surface area contributed by atoms with Crippen LogP contribution in [-0.2, 0) is 9.53 Å². The number of carbonyl (C=O) groups excluding carboxylic acids is 2. The Kier molecular flexibility index (Phi) is 6.16. The van der Waals surface area contributed by atoms with Crippen LogP contribution in [0.1, 0.15) is 36.2 Å².